The second-order valence-electron chi connectivity index (χ2n) is 6.35. The smallest absolute Gasteiger partial charge is 0.291 e. The monoisotopic (exact) mass is 452 g/mol. The highest BCUT2D eigenvalue weighted by molar-refractivity contribution is 7.18. The minimum Gasteiger partial charge on any atom is -0.459 e. The van der Waals surface area contributed by atoms with E-state index in [1.54, 1.807) is 36.4 Å². The Balaban J connectivity index is 1.38. The molecule has 156 valence electrons. The summed E-state index contributed by atoms with van der Waals surface area (Å²) in [5.74, 6) is -0.637. The summed E-state index contributed by atoms with van der Waals surface area (Å²) in [5.41, 5.74) is 2.28. The number of thiophene rings is 1. The lowest BCUT2D eigenvalue weighted by atomic mass is 10.1. The van der Waals surface area contributed by atoms with Gasteiger partial charge in [0.15, 0.2) is 10.9 Å². The fraction of sp³-hybridized carbons (Fsp3) is 0.0476. The van der Waals surface area contributed by atoms with Gasteiger partial charge in [-0.25, -0.2) is 4.98 Å². The fourth-order valence-electron chi connectivity index (χ4n) is 2.66. The summed E-state index contributed by atoms with van der Waals surface area (Å²) in [6, 6.07) is 13.7. The quantitative estimate of drug-likeness (QED) is 0.384. The maximum Gasteiger partial charge on any atom is 0.291 e. The van der Waals surface area contributed by atoms with E-state index in [9.17, 15) is 14.4 Å². The molecule has 0 fully saturated rings. The molecule has 0 spiro atoms. The van der Waals surface area contributed by atoms with Crippen LogP contribution in [0.4, 0.5) is 15.8 Å². The van der Waals surface area contributed by atoms with Gasteiger partial charge in [0, 0.05) is 23.6 Å². The number of amides is 3. The Morgan fingerprint density at radius 3 is 2.45 bits per heavy atom. The van der Waals surface area contributed by atoms with Crippen LogP contribution in [0.15, 0.2) is 64.6 Å². The molecule has 0 aliphatic rings. The second kappa shape index (κ2) is 8.94. The number of hydrogen-bond donors (Lipinski definition) is 3. The third-order valence-electron chi connectivity index (χ3n) is 4.04. The number of anilines is 3. The first-order valence-electron chi connectivity index (χ1n) is 9.07. The number of thiazole rings is 1. The highest BCUT2D eigenvalue weighted by Gasteiger charge is 2.15. The van der Waals surface area contributed by atoms with Gasteiger partial charge in [-0.2, -0.15) is 0 Å². The van der Waals surface area contributed by atoms with Crippen molar-refractivity contribution < 1.29 is 18.8 Å². The first kappa shape index (κ1) is 20.5. The molecule has 0 unspecified atom stereocenters. The van der Waals surface area contributed by atoms with E-state index in [2.05, 4.69) is 20.9 Å². The molecule has 0 saturated carbocycles. The minimum absolute atomic E-state index is 0.135. The van der Waals surface area contributed by atoms with Crippen molar-refractivity contribution in [1.82, 2.24) is 4.98 Å². The lowest BCUT2D eigenvalue weighted by Crippen LogP contribution is -2.10. The summed E-state index contributed by atoms with van der Waals surface area (Å²) in [6.07, 6.45) is 1.42. The van der Waals surface area contributed by atoms with Gasteiger partial charge in [-0.15, -0.1) is 22.7 Å². The molecule has 10 heteroatoms. The van der Waals surface area contributed by atoms with Crippen molar-refractivity contribution in [3.63, 3.8) is 0 Å². The van der Waals surface area contributed by atoms with Gasteiger partial charge in [0.2, 0.25) is 5.91 Å². The standard InChI is InChI=1S/C21H16N4O4S2/c1-12(26)22-14-6-4-13(5-7-14)15-11-30-21(23-15)25-20(28)17-8-9-18(31-17)24-19(27)16-3-2-10-29-16/h2-11H,1H3,(H,22,26)(H,24,27)(H,23,25,28). The Bertz CT molecular complexity index is 1230. The predicted molar refractivity (Wildman–Crippen MR) is 121 cm³/mol. The summed E-state index contributed by atoms with van der Waals surface area (Å²) in [4.78, 5) is 40.6. The van der Waals surface area contributed by atoms with E-state index in [1.165, 1.54) is 24.5 Å². The Kier molecular flexibility index (Phi) is 5.92. The first-order chi connectivity index (χ1) is 15.0. The predicted octanol–water partition coefficient (Wildman–Crippen LogP) is 4.93. The molecule has 0 radical (unpaired) electrons. The van der Waals surface area contributed by atoms with Gasteiger partial charge in [-0.3, -0.25) is 19.7 Å². The number of benzene rings is 1. The van der Waals surface area contributed by atoms with E-state index < -0.39 is 0 Å². The zero-order chi connectivity index (χ0) is 21.8. The van der Waals surface area contributed by atoms with Crippen LogP contribution < -0.4 is 16.0 Å². The normalized spacial score (nSPS) is 10.5. The van der Waals surface area contributed by atoms with Crippen LogP contribution in [0.1, 0.15) is 27.2 Å². The van der Waals surface area contributed by atoms with Crippen molar-refractivity contribution >= 4 is 56.2 Å². The molecule has 1 aromatic carbocycles. The van der Waals surface area contributed by atoms with Crippen molar-refractivity contribution in [2.24, 2.45) is 0 Å². The van der Waals surface area contributed by atoms with Gasteiger partial charge in [-0.1, -0.05) is 12.1 Å². The molecular formula is C21H16N4O4S2. The van der Waals surface area contributed by atoms with Gasteiger partial charge in [0.25, 0.3) is 11.8 Å². The minimum atomic E-state index is -0.382. The number of hydrogen-bond acceptors (Lipinski definition) is 7. The lowest BCUT2D eigenvalue weighted by Gasteiger charge is -2.03. The molecule has 0 atom stereocenters. The van der Waals surface area contributed by atoms with Crippen molar-refractivity contribution in [1.29, 1.82) is 0 Å². The zero-order valence-corrected chi connectivity index (χ0v) is 17.8. The van der Waals surface area contributed by atoms with Crippen LogP contribution in [-0.4, -0.2) is 22.7 Å². The third-order valence-corrected chi connectivity index (χ3v) is 5.79. The number of nitrogens with zero attached hydrogens (tertiary/aromatic N) is 1. The third kappa shape index (κ3) is 5.05. The Morgan fingerprint density at radius 2 is 1.74 bits per heavy atom. The van der Waals surface area contributed by atoms with E-state index in [1.807, 2.05) is 17.5 Å². The number of aromatic nitrogens is 1. The molecule has 0 aliphatic carbocycles. The molecule has 3 amide bonds. The molecule has 4 rings (SSSR count). The summed E-state index contributed by atoms with van der Waals surface area (Å²) in [7, 11) is 0. The largest absolute Gasteiger partial charge is 0.459 e. The van der Waals surface area contributed by atoms with E-state index in [-0.39, 0.29) is 23.5 Å². The summed E-state index contributed by atoms with van der Waals surface area (Å²) in [5, 5.41) is 11.0. The van der Waals surface area contributed by atoms with Gasteiger partial charge >= 0.3 is 0 Å². The van der Waals surface area contributed by atoms with E-state index in [4.69, 9.17) is 4.42 Å². The highest BCUT2D eigenvalue weighted by atomic mass is 32.1. The number of carbonyl (C=O) groups excluding carboxylic acids is 3. The molecule has 31 heavy (non-hydrogen) atoms. The zero-order valence-electron chi connectivity index (χ0n) is 16.2. The Labute approximate surface area is 184 Å². The van der Waals surface area contributed by atoms with E-state index >= 15 is 0 Å². The molecule has 3 heterocycles. The van der Waals surface area contributed by atoms with E-state index in [0.717, 1.165) is 16.9 Å². The number of nitrogens with one attached hydrogen (secondary N) is 3. The van der Waals surface area contributed by atoms with Crippen molar-refractivity contribution in [3.8, 4) is 11.3 Å². The molecule has 0 saturated heterocycles. The SMILES string of the molecule is CC(=O)Nc1ccc(-c2csc(NC(=O)c3ccc(NC(=O)c4ccco4)s3)n2)cc1. The first-order valence-corrected chi connectivity index (χ1v) is 10.8. The highest BCUT2D eigenvalue weighted by Crippen LogP contribution is 2.28. The van der Waals surface area contributed by atoms with Crippen LogP contribution in [0, 0.1) is 0 Å². The molecule has 8 nitrogen and oxygen atoms in total. The van der Waals surface area contributed by atoms with Crippen LogP contribution >= 0.6 is 22.7 Å². The maximum atomic E-state index is 12.5. The molecule has 3 aromatic heterocycles. The Hall–Kier alpha value is -3.76. The summed E-state index contributed by atoms with van der Waals surface area (Å²) in [6.45, 7) is 1.45. The molecule has 4 aromatic rings. The summed E-state index contributed by atoms with van der Waals surface area (Å²) < 4.78 is 5.05. The van der Waals surface area contributed by atoms with Crippen molar-refractivity contribution in [2.45, 2.75) is 6.92 Å². The Morgan fingerprint density at radius 1 is 0.935 bits per heavy atom. The lowest BCUT2D eigenvalue weighted by molar-refractivity contribution is -0.114. The van der Waals surface area contributed by atoms with Crippen LogP contribution in [0.25, 0.3) is 11.3 Å². The molecule has 0 aliphatic heterocycles. The number of rotatable bonds is 6. The fourth-order valence-corrected chi connectivity index (χ4v) is 4.17. The molecule has 0 bridgehead atoms. The maximum absolute atomic E-state index is 12.5. The average Bonchev–Trinajstić information content (AvgIpc) is 3.50. The van der Waals surface area contributed by atoms with Crippen LogP contribution in [-0.2, 0) is 4.79 Å². The molecular weight excluding hydrogens is 436 g/mol. The number of furan rings is 1. The van der Waals surface area contributed by atoms with Crippen LogP contribution in [0.5, 0.6) is 0 Å². The number of carbonyl (C=O) groups is 3. The van der Waals surface area contributed by atoms with Gasteiger partial charge in [0.1, 0.15) is 0 Å². The topological polar surface area (TPSA) is 113 Å². The van der Waals surface area contributed by atoms with Crippen LogP contribution in [0.3, 0.4) is 0 Å². The van der Waals surface area contributed by atoms with Crippen molar-refractivity contribution in [3.05, 3.63) is 70.8 Å². The second-order valence-corrected chi connectivity index (χ2v) is 8.29. The van der Waals surface area contributed by atoms with Crippen molar-refractivity contribution in [2.75, 3.05) is 16.0 Å². The molecule has 3 N–H and O–H groups in total. The van der Waals surface area contributed by atoms with Gasteiger partial charge in [0.05, 0.1) is 21.8 Å². The summed E-state index contributed by atoms with van der Waals surface area (Å²) >= 11 is 2.46. The van der Waals surface area contributed by atoms with Crippen LogP contribution in [0.2, 0.25) is 0 Å². The average molecular weight is 453 g/mol. The van der Waals surface area contributed by atoms with Gasteiger partial charge < -0.3 is 15.1 Å². The van der Waals surface area contributed by atoms with Gasteiger partial charge in [-0.05, 0) is 36.4 Å². The van der Waals surface area contributed by atoms with E-state index in [0.29, 0.717) is 26.4 Å².